The first-order valence-corrected chi connectivity index (χ1v) is 9.11. The highest BCUT2D eigenvalue weighted by Gasteiger charge is 2.36. The number of nitrogens with zero attached hydrogens (tertiary/aromatic N) is 4. The maximum Gasteiger partial charge on any atom is 0.433 e. The second-order valence-electron chi connectivity index (χ2n) is 5.72. The van der Waals surface area contributed by atoms with Gasteiger partial charge < -0.3 is 4.90 Å². The van der Waals surface area contributed by atoms with E-state index in [0.717, 1.165) is 10.4 Å². The van der Waals surface area contributed by atoms with Crippen molar-refractivity contribution in [2.45, 2.75) is 25.7 Å². The van der Waals surface area contributed by atoms with Crippen LogP contribution in [0.5, 0.6) is 0 Å². The molecule has 0 aromatic carbocycles. The first-order chi connectivity index (χ1) is 11.8. The van der Waals surface area contributed by atoms with Crippen LogP contribution in [0.15, 0.2) is 6.07 Å². The molecular weight excluding hydrogens is 390 g/mol. The average molecular weight is 406 g/mol. The first kappa shape index (κ1) is 20.7. The van der Waals surface area contributed by atoms with E-state index < -0.39 is 40.2 Å². The summed E-state index contributed by atoms with van der Waals surface area (Å²) in [6.45, 7) is 1.06. The number of aryl methyl sites for hydroxylation is 1. The Labute approximate surface area is 145 Å². The fraction of sp³-hybridized carbons (Fsp3) is 0.692. The van der Waals surface area contributed by atoms with Crippen LogP contribution in [0.4, 0.5) is 32.2 Å². The minimum Gasteiger partial charge on any atom is -0.354 e. The Balaban J connectivity index is 2.06. The van der Waals surface area contributed by atoms with Crippen molar-refractivity contribution >= 4 is 15.8 Å². The van der Waals surface area contributed by atoms with Crippen molar-refractivity contribution in [1.82, 2.24) is 14.3 Å². The van der Waals surface area contributed by atoms with Crippen LogP contribution in [0.2, 0.25) is 0 Å². The van der Waals surface area contributed by atoms with Crippen molar-refractivity contribution in [2.75, 3.05) is 36.8 Å². The molecule has 1 aromatic heterocycles. The number of hydrogen-bond acceptors (Lipinski definition) is 5. The molecule has 1 fully saturated rings. The minimum atomic E-state index is -4.65. The van der Waals surface area contributed by atoms with E-state index >= 15 is 0 Å². The van der Waals surface area contributed by atoms with Crippen molar-refractivity contribution in [2.24, 2.45) is 0 Å². The summed E-state index contributed by atoms with van der Waals surface area (Å²) in [6.07, 6.45) is -10.7. The fourth-order valence-electron chi connectivity index (χ4n) is 2.43. The number of rotatable bonds is 4. The van der Waals surface area contributed by atoms with E-state index in [-0.39, 0.29) is 37.8 Å². The van der Waals surface area contributed by atoms with Crippen LogP contribution in [-0.4, -0.2) is 60.8 Å². The first-order valence-electron chi connectivity index (χ1n) is 7.50. The van der Waals surface area contributed by atoms with Gasteiger partial charge in [-0.3, -0.25) is 0 Å². The van der Waals surface area contributed by atoms with Gasteiger partial charge in [-0.05, 0) is 6.92 Å². The molecule has 0 spiro atoms. The van der Waals surface area contributed by atoms with E-state index in [0.29, 0.717) is 0 Å². The van der Waals surface area contributed by atoms with Crippen molar-refractivity contribution < 1.29 is 34.8 Å². The maximum absolute atomic E-state index is 12.8. The lowest BCUT2D eigenvalue weighted by Crippen LogP contribution is -2.49. The minimum absolute atomic E-state index is 0.00263. The molecule has 1 aromatic rings. The zero-order valence-corrected chi connectivity index (χ0v) is 14.4. The largest absolute Gasteiger partial charge is 0.433 e. The third-order valence-corrected chi connectivity index (χ3v) is 5.59. The Kier molecular flexibility index (Phi) is 5.71. The predicted octanol–water partition coefficient (Wildman–Crippen LogP) is 2.21. The summed E-state index contributed by atoms with van der Waals surface area (Å²) < 4.78 is 99.9. The Hall–Kier alpha value is -1.63. The number of hydrogen-bond donors (Lipinski definition) is 0. The smallest absolute Gasteiger partial charge is 0.354 e. The summed E-state index contributed by atoms with van der Waals surface area (Å²) in [7, 11) is -4.09. The summed E-state index contributed by atoms with van der Waals surface area (Å²) in [4.78, 5) is 8.69. The van der Waals surface area contributed by atoms with E-state index in [2.05, 4.69) is 9.97 Å². The summed E-state index contributed by atoms with van der Waals surface area (Å²) in [6, 6.07) is 0.765. The van der Waals surface area contributed by atoms with Gasteiger partial charge in [0.2, 0.25) is 10.0 Å². The van der Waals surface area contributed by atoms with Gasteiger partial charge >= 0.3 is 12.4 Å². The zero-order valence-electron chi connectivity index (χ0n) is 13.6. The van der Waals surface area contributed by atoms with Gasteiger partial charge in [0.15, 0.2) is 0 Å². The molecule has 0 aliphatic carbocycles. The van der Waals surface area contributed by atoms with Gasteiger partial charge in [-0.25, -0.2) is 18.4 Å². The van der Waals surface area contributed by atoms with E-state index in [1.807, 2.05) is 0 Å². The monoisotopic (exact) mass is 406 g/mol. The average Bonchev–Trinajstić information content (AvgIpc) is 2.51. The Morgan fingerprint density at radius 1 is 1.04 bits per heavy atom. The van der Waals surface area contributed by atoms with Gasteiger partial charge in [0.05, 0.1) is 12.2 Å². The molecule has 6 nitrogen and oxygen atoms in total. The standard InChI is InChI=1S/C13H16F6N4O2S/c1-9-20-10(13(17,18)19)8-11(21-9)22-3-5-23(6-4-22)26(24,25)7-2-12(14,15)16/h8H,2-7H2,1H3. The Morgan fingerprint density at radius 2 is 1.62 bits per heavy atom. The van der Waals surface area contributed by atoms with Crippen LogP contribution < -0.4 is 4.90 Å². The number of aromatic nitrogens is 2. The molecule has 0 saturated carbocycles. The molecule has 0 bridgehead atoms. The predicted molar refractivity (Wildman–Crippen MR) is 80.0 cm³/mol. The normalized spacial score (nSPS) is 17.6. The van der Waals surface area contributed by atoms with Crippen LogP contribution in [0, 0.1) is 6.92 Å². The van der Waals surface area contributed by atoms with E-state index in [1.54, 1.807) is 0 Å². The Bertz CT molecular complexity index is 742. The topological polar surface area (TPSA) is 66.4 Å². The summed E-state index contributed by atoms with van der Waals surface area (Å²) in [5, 5.41) is 0. The SMILES string of the molecule is Cc1nc(N2CCN(S(=O)(=O)CCC(F)(F)F)CC2)cc(C(F)(F)F)n1. The molecule has 0 unspecified atom stereocenters. The summed E-state index contributed by atoms with van der Waals surface area (Å²) >= 11 is 0. The summed E-state index contributed by atoms with van der Waals surface area (Å²) in [5.74, 6) is -1.14. The summed E-state index contributed by atoms with van der Waals surface area (Å²) in [5.41, 5.74) is -1.11. The second kappa shape index (κ2) is 7.18. The lowest BCUT2D eigenvalue weighted by Gasteiger charge is -2.35. The molecule has 0 radical (unpaired) electrons. The molecule has 2 rings (SSSR count). The third-order valence-electron chi connectivity index (χ3n) is 3.71. The number of piperazine rings is 1. The number of halogens is 6. The van der Waals surface area contributed by atoms with Crippen LogP contribution in [-0.2, 0) is 16.2 Å². The highest BCUT2D eigenvalue weighted by atomic mass is 32.2. The van der Waals surface area contributed by atoms with Gasteiger partial charge in [-0.15, -0.1) is 0 Å². The van der Waals surface area contributed by atoms with E-state index in [1.165, 1.54) is 11.8 Å². The van der Waals surface area contributed by atoms with Gasteiger partial charge in [0.1, 0.15) is 17.3 Å². The fourth-order valence-corrected chi connectivity index (χ4v) is 3.90. The van der Waals surface area contributed by atoms with Gasteiger partial charge in [-0.2, -0.15) is 30.6 Å². The molecular formula is C13H16F6N4O2S. The van der Waals surface area contributed by atoms with Crippen molar-refractivity contribution in [3.63, 3.8) is 0 Å². The number of sulfonamides is 1. The van der Waals surface area contributed by atoms with Crippen molar-refractivity contribution in [3.8, 4) is 0 Å². The molecule has 1 saturated heterocycles. The highest BCUT2D eigenvalue weighted by molar-refractivity contribution is 7.89. The molecule has 0 N–H and O–H groups in total. The van der Waals surface area contributed by atoms with E-state index in [9.17, 15) is 34.8 Å². The van der Waals surface area contributed by atoms with Crippen LogP contribution in [0.3, 0.4) is 0 Å². The van der Waals surface area contributed by atoms with Gasteiger partial charge in [0.25, 0.3) is 0 Å². The highest BCUT2D eigenvalue weighted by Crippen LogP contribution is 2.30. The third kappa shape index (κ3) is 5.43. The lowest BCUT2D eigenvalue weighted by atomic mass is 10.3. The van der Waals surface area contributed by atoms with Gasteiger partial charge in [-0.1, -0.05) is 0 Å². The van der Waals surface area contributed by atoms with E-state index in [4.69, 9.17) is 0 Å². The van der Waals surface area contributed by atoms with Gasteiger partial charge in [0, 0.05) is 32.2 Å². The number of alkyl halides is 6. The van der Waals surface area contributed by atoms with Crippen LogP contribution in [0.1, 0.15) is 17.9 Å². The second-order valence-corrected chi connectivity index (χ2v) is 7.81. The molecule has 0 atom stereocenters. The molecule has 0 amide bonds. The maximum atomic E-state index is 12.8. The van der Waals surface area contributed by atoms with Crippen molar-refractivity contribution in [1.29, 1.82) is 0 Å². The molecule has 13 heteroatoms. The zero-order chi connectivity index (χ0) is 19.8. The molecule has 1 aliphatic heterocycles. The molecule has 148 valence electrons. The lowest BCUT2D eigenvalue weighted by molar-refractivity contribution is -0.141. The van der Waals surface area contributed by atoms with Crippen molar-refractivity contribution in [3.05, 3.63) is 17.6 Å². The van der Waals surface area contributed by atoms with Crippen LogP contribution in [0.25, 0.3) is 0 Å². The molecule has 26 heavy (non-hydrogen) atoms. The molecule has 1 aliphatic rings. The number of anilines is 1. The Morgan fingerprint density at radius 3 is 2.12 bits per heavy atom. The van der Waals surface area contributed by atoms with Crippen LogP contribution >= 0.6 is 0 Å². The quantitative estimate of drug-likeness (QED) is 0.718. The molecule has 2 heterocycles.